The lowest BCUT2D eigenvalue weighted by molar-refractivity contribution is -0.142. The van der Waals surface area contributed by atoms with Gasteiger partial charge in [0.15, 0.2) is 0 Å². The van der Waals surface area contributed by atoms with E-state index in [-0.39, 0.29) is 23.0 Å². The Morgan fingerprint density at radius 1 is 1.09 bits per heavy atom. The van der Waals surface area contributed by atoms with Gasteiger partial charge < -0.3 is 14.3 Å². The van der Waals surface area contributed by atoms with Gasteiger partial charge >= 0.3 is 12.2 Å². The largest absolute Gasteiger partial charge is 0.433 e. The van der Waals surface area contributed by atoms with Crippen molar-refractivity contribution in [2.24, 2.45) is 0 Å². The quantitative estimate of drug-likeness (QED) is 0.316. The van der Waals surface area contributed by atoms with Crippen molar-refractivity contribution in [3.8, 4) is 11.5 Å². The van der Waals surface area contributed by atoms with E-state index in [1.54, 1.807) is 17.0 Å². The second-order valence-corrected chi connectivity index (χ2v) is 7.66. The smallest absolute Gasteiger partial charge is 0.403 e. The number of alkyl halides is 3. The van der Waals surface area contributed by atoms with Crippen molar-refractivity contribution in [3.05, 3.63) is 77.6 Å². The highest BCUT2D eigenvalue weighted by Crippen LogP contribution is 2.38. The minimum absolute atomic E-state index is 0.0396. The first-order valence-electron chi connectivity index (χ1n) is 10.2. The van der Waals surface area contributed by atoms with E-state index in [1.165, 1.54) is 30.7 Å². The van der Waals surface area contributed by atoms with Gasteiger partial charge in [-0.2, -0.15) is 22.7 Å². The van der Waals surface area contributed by atoms with Crippen LogP contribution in [0.25, 0.3) is 17.0 Å². The van der Waals surface area contributed by atoms with Gasteiger partial charge in [-0.15, -0.1) is 5.10 Å². The number of imidazole rings is 1. The fourth-order valence-electron chi connectivity index (χ4n) is 4.15. The predicted molar refractivity (Wildman–Crippen MR) is 109 cm³/mol. The first kappa shape index (κ1) is 20.3. The van der Waals surface area contributed by atoms with Crippen LogP contribution in [-0.4, -0.2) is 41.3 Å². The van der Waals surface area contributed by atoms with Crippen LogP contribution in [0.5, 0.6) is 0 Å². The molecule has 0 saturated heterocycles. The number of anilines is 1. The zero-order valence-electron chi connectivity index (χ0n) is 17.2. The zero-order valence-corrected chi connectivity index (χ0v) is 17.2. The minimum atomic E-state index is -4.58. The average molecular weight is 470 g/mol. The lowest BCUT2D eigenvalue weighted by Crippen LogP contribution is -2.37. The SMILES string of the molecule is Fc1ncccc1-c1nnc(N2CCc3[nH]cnc3[C@H]2c2cc3cccc(C(F)(F)F)n3n2)o1. The number of aromatic amines is 1. The van der Waals surface area contributed by atoms with Crippen LogP contribution in [0.4, 0.5) is 23.6 Å². The number of aromatic nitrogens is 7. The maximum absolute atomic E-state index is 14.1. The Hall–Kier alpha value is -4.29. The van der Waals surface area contributed by atoms with Gasteiger partial charge in [0.05, 0.1) is 28.8 Å². The van der Waals surface area contributed by atoms with Crippen LogP contribution in [0.1, 0.15) is 28.8 Å². The van der Waals surface area contributed by atoms with E-state index in [1.807, 2.05) is 0 Å². The van der Waals surface area contributed by atoms with E-state index in [4.69, 9.17) is 4.42 Å². The minimum Gasteiger partial charge on any atom is -0.403 e. The summed E-state index contributed by atoms with van der Waals surface area (Å²) in [6, 6.07) is 7.75. The Kier molecular flexibility index (Phi) is 4.40. The Morgan fingerprint density at radius 3 is 2.79 bits per heavy atom. The van der Waals surface area contributed by atoms with Crippen molar-refractivity contribution in [1.29, 1.82) is 0 Å². The highest BCUT2D eigenvalue weighted by atomic mass is 19.4. The molecule has 172 valence electrons. The average Bonchev–Trinajstić information content (AvgIpc) is 3.56. The van der Waals surface area contributed by atoms with Crippen LogP contribution < -0.4 is 4.90 Å². The Bertz CT molecular complexity index is 1500. The summed E-state index contributed by atoms with van der Waals surface area (Å²) in [5, 5.41) is 12.3. The lowest BCUT2D eigenvalue weighted by Gasteiger charge is -2.32. The molecular formula is C21H14F4N8O. The Labute approximate surface area is 188 Å². The molecule has 1 atom stereocenters. The van der Waals surface area contributed by atoms with Crippen LogP contribution in [0.3, 0.4) is 0 Å². The first-order valence-corrected chi connectivity index (χ1v) is 10.2. The molecule has 0 spiro atoms. The number of nitrogens with one attached hydrogen (secondary N) is 1. The van der Waals surface area contributed by atoms with E-state index in [0.717, 1.165) is 16.3 Å². The van der Waals surface area contributed by atoms with E-state index < -0.39 is 23.9 Å². The number of pyridine rings is 2. The van der Waals surface area contributed by atoms with E-state index in [2.05, 4.69) is 30.2 Å². The number of hydrogen-bond donors (Lipinski definition) is 1. The second-order valence-electron chi connectivity index (χ2n) is 7.66. The third kappa shape index (κ3) is 3.19. The molecule has 1 aliphatic rings. The standard InChI is InChI=1S/C21H14F4N8O/c22-18-12(4-2-7-26-18)19-29-30-20(34-19)32-8-6-13-16(28-10-27-13)17(32)14-9-11-3-1-5-15(21(23,24)25)33(11)31-14/h1-5,7,9-10,17H,6,8H2,(H,27,28)/t17-/m1/s1. The molecule has 0 saturated carbocycles. The molecule has 0 amide bonds. The summed E-state index contributed by atoms with van der Waals surface area (Å²) in [7, 11) is 0. The van der Waals surface area contributed by atoms with Crippen LogP contribution in [0.15, 0.2) is 53.3 Å². The van der Waals surface area contributed by atoms with Crippen molar-refractivity contribution in [1.82, 2.24) is 34.8 Å². The summed E-state index contributed by atoms with van der Waals surface area (Å²) in [6.45, 7) is 0.386. The van der Waals surface area contributed by atoms with E-state index >= 15 is 0 Å². The molecule has 5 aromatic rings. The third-order valence-electron chi connectivity index (χ3n) is 5.65. The van der Waals surface area contributed by atoms with Gasteiger partial charge in [0.1, 0.15) is 11.7 Å². The topological polar surface area (TPSA) is 101 Å². The highest BCUT2D eigenvalue weighted by molar-refractivity contribution is 5.55. The molecule has 1 aliphatic heterocycles. The predicted octanol–water partition coefficient (Wildman–Crippen LogP) is 3.81. The number of fused-ring (bicyclic) bond motifs is 2. The van der Waals surface area contributed by atoms with E-state index in [9.17, 15) is 17.6 Å². The van der Waals surface area contributed by atoms with Crippen molar-refractivity contribution < 1.29 is 22.0 Å². The van der Waals surface area contributed by atoms with Crippen LogP contribution in [-0.2, 0) is 12.6 Å². The molecule has 0 radical (unpaired) electrons. The maximum Gasteiger partial charge on any atom is 0.433 e. The summed E-state index contributed by atoms with van der Waals surface area (Å²) in [6.07, 6.45) is -1.22. The summed E-state index contributed by atoms with van der Waals surface area (Å²) < 4.78 is 61.3. The van der Waals surface area contributed by atoms with E-state index in [0.29, 0.717) is 24.4 Å². The molecule has 1 N–H and O–H groups in total. The van der Waals surface area contributed by atoms with Crippen molar-refractivity contribution >= 4 is 11.5 Å². The number of H-pyrrole nitrogens is 1. The molecule has 34 heavy (non-hydrogen) atoms. The molecule has 0 bridgehead atoms. The summed E-state index contributed by atoms with van der Waals surface area (Å²) in [5.74, 6) is -0.830. The molecule has 6 rings (SSSR count). The molecule has 13 heteroatoms. The fraction of sp³-hybridized carbons (Fsp3) is 0.190. The number of halogens is 4. The molecule has 0 fully saturated rings. The molecular weight excluding hydrogens is 456 g/mol. The molecule has 9 nitrogen and oxygen atoms in total. The van der Waals surface area contributed by atoms with Crippen LogP contribution >= 0.6 is 0 Å². The molecule has 0 aromatic carbocycles. The fourth-order valence-corrected chi connectivity index (χ4v) is 4.15. The van der Waals surface area contributed by atoms with Gasteiger partial charge in [-0.1, -0.05) is 11.2 Å². The van der Waals surface area contributed by atoms with Gasteiger partial charge in [-0.3, -0.25) is 0 Å². The number of nitrogens with zero attached hydrogens (tertiary/aromatic N) is 7. The summed E-state index contributed by atoms with van der Waals surface area (Å²) >= 11 is 0. The van der Waals surface area contributed by atoms with Crippen LogP contribution in [0, 0.1) is 5.95 Å². The zero-order chi connectivity index (χ0) is 23.4. The highest BCUT2D eigenvalue weighted by Gasteiger charge is 2.38. The van der Waals surface area contributed by atoms with Crippen molar-refractivity contribution in [2.75, 3.05) is 11.4 Å². The van der Waals surface area contributed by atoms with Gasteiger partial charge in [-0.05, 0) is 30.3 Å². The first-order chi connectivity index (χ1) is 16.4. The Balaban J connectivity index is 1.47. The summed E-state index contributed by atoms with van der Waals surface area (Å²) in [4.78, 5) is 12.7. The van der Waals surface area contributed by atoms with Crippen molar-refractivity contribution in [3.63, 3.8) is 0 Å². The van der Waals surface area contributed by atoms with Gasteiger partial charge in [0, 0.05) is 24.9 Å². The number of hydrogen-bond acceptors (Lipinski definition) is 7. The molecule has 6 heterocycles. The van der Waals surface area contributed by atoms with Crippen molar-refractivity contribution in [2.45, 2.75) is 18.6 Å². The lowest BCUT2D eigenvalue weighted by atomic mass is 10.0. The normalized spacial score (nSPS) is 16.2. The Morgan fingerprint density at radius 2 is 1.97 bits per heavy atom. The second kappa shape index (κ2) is 7.37. The molecule has 0 aliphatic carbocycles. The van der Waals surface area contributed by atoms with Gasteiger partial charge in [0.25, 0.3) is 5.89 Å². The van der Waals surface area contributed by atoms with Crippen LogP contribution in [0.2, 0.25) is 0 Å². The monoisotopic (exact) mass is 470 g/mol. The molecule has 0 unspecified atom stereocenters. The molecule has 5 aromatic heterocycles. The third-order valence-corrected chi connectivity index (χ3v) is 5.65. The van der Waals surface area contributed by atoms with Gasteiger partial charge in [-0.25, -0.2) is 14.5 Å². The summed E-state index contributed by atoms with van der Waals surface area (Å²) in [5.41, 5.74) is 1.14. The van der Waals surface area contributed by atoms with Gasteiger partial charge in [0.2, 0.25) is 5.95 Å². The maximum atomic E-state index is 14.1. The number of rotatable bonds is 3.